The molecule has 3 aliphatic rings. The van der Waals surface area contributed by atoms with Crippen LogP contribution in [0.3, 0.4) is 0 Å². The lowest BCUT2D eigenvalue weighted by molar-refractivity contribution is -0.133. The number of rotatable bonds is 6. The summed E-state index contributed by atoms with van der Waals surface area (Å²) < 4.78 is 0. The van der Waals surface area contributed by atoms with Crippen LogP contribution in [0.5, 0.6) is 0 Å². The summed E-state index contributed by atoms with van der Waals surface area (Å²) in [6.07, 6.45) is 4.48. The van der Waals surface area contributed by atoms with Gasteiger partial charge in [-0.1, -0.05) is 29.3 Å². The highest BCUT2D eigenvalue weighted by Gasteiger charge is 2.49. The van der Waals surface area contributed by atoms with Gasteiger partial charge in [-0.05, 0) is 56.7 Å². The minimum absolute atomic E-state index is 0.165. The standard InChI is InChI=1S/C20H27Cl2N3O2.CH4N2O/c21-16-2-1-3-17(18(16)22)25-10-8-24(9-11-25)7-4-14-12-15(13-14)23-19(26)20(27)5-6-20;2-1(3)4/h1-3,14-15,27H,4-13H2,(H,23,26);(H4,2,3,4)/t14-,15+;. The fourth-order valence-corrected chi connectivity index (χ4v) is 4.48. The van der Waals surface area contributed by atoms with Crippen molar-refractivity contribution < 1.29 is 14.7 Å². The summed E-state index contributed by atoms with van der Waals surface area (Å²) >= 11 is 12.5. The van der Waals surface area contributed by atoms with Crippen molar-refractivity contribution in [3.8, 4) is 0 Å². The number of nitrogens with one attached hydrogen (secondary N) is 1. The number of carbonyl (C=O) groups excluding carboxylic acids is 2. The number of piperazine rings is 1. The van der Waals surface area contributed by atoms with E-state index < -0.39 is 11.6 Å². The number of nitrogens with two attached hydrogens (primary N) is 2. The average molecular weight is 472 g/mol. The van der Waals surface area contributed by atoms with Gasteiger partial charge in [-0.25, -0.2) is 4.79 Å². The third-order valence-corrected chi connectivity index (χ3v) is 7.02. The van der Waals surface area contributed by atoms with Crippen molar-refractivity contribution in [3.05, 3.63) is 28.2 Å². The summed E-state index contributed by atoms with van der Waals surface area (Å²) in [5, 5.41) is 14.0. The van der Waals surface area contributed by atoms with Crippen molar-refractivity contribution in [1.29, 1.82) is 0 Å². The zero-order chi connectivity index (χ0) is 22.6. The van der Waals surface area contributed by atoms with Gasteiger partial charge in [-0.3, -0.25) is 9.69 Å². The zero-order valence-corrected chi connectivity index (χ0v) is 19.0. The number of urea groups is 1. The van der Waals surface area contributed by atoms with Gasteiger partial charge in [0.25, 0.3) is 5.91 Å². The predicted octanol–water partition coefficient (Wildman–Crippen LogP) is 1.95. The average Bonchev–Trinajstić information content (AvgIpc) is 3.44. The maximum atomic E-state index is 11.8. The summed E-state index contributed by atoms with van der Waals surface area (Å²) in [4.78, 5) is 25.7. The SMILES string of the molecule is NC(N)=O.O=C(N[C@H]1C[C@@H](CCN2CCN(c3cccc(Cl)c3Cl)CC2)C1)C1(O)CC1. The molecule has 31 heavy (non-hydrogen) atoms. The van der Waals surface area contributed by atoms with Crippen molar-refractivity contribution in [3.63, 3.8) is 0 Å². The third-order valence-electron chi connectivity index (χ3n) is 6.21. The largest absolute Gasteiger partial charge is 0.380 e. The smallest absolute Gasteiger partial charge is 0.309 e. The molecule has 4 rings (SSSR count). The van der Waals surface area contributed by atoms with Crippen LogP contribution in [-0.2, 0) is 4.79 Å². The summed E-state index contributed by atoms with van der Waals surface area (Å²) in [5.74, 6) is 0.520. The molecule has 10 heteroatoms. The molecule has 8 nitrogen and oxygen atoms in total. The van der Waals surface area contributed by atoms with Gasteiger partial charge in [-0.15, -0.1) is 0 Å². The number of halogens is 2. The Bertz CT molecular complexity index is 787. The Morgan fingerprint density at radius 3 is 2.32 bits per heavy atom. The number of amides is 3. The van der Waals surface area contributed by atoms with Gasteiger partial charge in [-0.2, -0.15) is 0 Å². The van der Waals surface area contributed by atoms with E-state index in [1.807, 2.05) is 18.2 Å². The van der Waals surface area contributed by atoms with Gasteiger partial charge in [0.1, 0.15) is 5.60 Å². The number of hydrogen-bond donors (Lipinski definition) is 4. The first kappa shape index (κ1) is 23.9. The van der Waals surface area contributed by atoms with Crippen molar-refractivity contribution in [2.45, 2.75) is 43.7 Å². The Hall–Kier alpha value is -1.74. The molecule has 2 saturated carbocycles. The number of nitrogens with zero attached hydrogens (tertiary/aromatic N) is 2. The molecule has 0 spiro atoms. The molecule has 1 aliphatic heterocycles. The molecule has 3 amide bonds. The highest BCUT2D eigenvalue weighted by Crippen LogP contribution is 2.37. The molecule has 1 aromatic rings. The molecule has 1 saturated heterocycles. The van der Waals surface area contributed by atoms with Crippen LogP contribution < -0.4 is 21.7 Å². The van der Waals surface area contributed by atoms with Gasteiger partial charge < -0.3 is 26.8 Å². The topological polar surface area (TPSA) is 125 Å². The normalized spacial score (nSPS) is 24.4. The fourth-order valence-electron chi connectivity index (χ4n) is 4.07. The van der Waals surface area contributed by atoms with Crippen LogP contribution in [0.4, 0.5) is 10.5 Å². The lowest BCUT2D eigenvalue weighted by Crippen LogP contribution is -2.50. The van der Waals surface area contributed by atoms with E-state index in [1.165, 1.54) is 6.42 Å². The van der Waals surface area contributed by atoms with E-state index in [0.29, 0.717) is 28.8 Å². The van der Waals surface area contributed by atoms with Crippen molar-refractivity contribution >= 4 is 40.8 Å². The van der Waals surface area contributed by atoms with E-state index in [2.05, 4.69) is 26.6 Å². The summed E-state index contributed by atoms with van der Waals surface area (Å²) in [6.45, 7) is 5.09. The summed E-state index contributed by atoms with van der Waals surface area (Å²) in [6, 6.07) is 5.23. The molecular weight excluding hydrogens is 441 g/mol. The van der Waals surface area contributed by atoms with Gasteiger partial charge in [0.05, 0.1) is 15.7 Å². The van der Waals surface area contributed by atoms with Gasteiger partial charge in [0.2, 0.25) is 0 Å². The van der Waals surface area contributed by atoms with Crippen molar-refractivity contribution in [2.75, 3.05) is 37.6 Å². The second-order valence-electron chi connectivity index (χ2n) is 8.63. The Morgan fingerprint density at radius 1 is 1.13 bits per heavy atom. The van der Waals surface area contributed by atoms with Crippen LogP contribution in [0.15, 0.2) is 18.2 Å². The molecule has 1 heterocycles. The lowest BCUT2D eigenvalue weighted by atomic mass is 9.78. The summed E-state index contributed by atoms with van der Waals surface area (Å²) in [7, 11) is 0. The first-order chi connectivity index (χ1) is 14.7. The van der Waals surface area contributed by atoms with Crippen LogP contribution in [0, 0.1) is 5.92 Å². The van der Waals surface area contributed by atoms with Crippen LogP contribution in [0.1, 0.15) is 32.1 Å². The van der Waals surface area contributed by atoms with Crippen LogP contribution in [0.2, 0.25) is 10.0 Å². The molecular formula is C21H31Cl2N5O3. The number of benzene rings is 1. The van der Waals surface area contributed by atoms with Gasteiger partial charge in [0, 0.05) is 32.2 Å². The van der Waals surface area contributed by atoms with E-state index in [1.54, 1.807) is 0 Å². The Balaban J connectivity index is 0.000000628. The maximum absolute atomic E-state index is 11.8. The van der Waals surface area contributed by atoms with E-state index in [0.717, 1.165) is 51.3 Å². The molecule has 0 unspecified atom stereocenters. The van der Waals surface area contributed by atoms with E-state index in [4.69, 9.17) is 28.0 Å². The molecule has 2 aliphatic carbocycles. The van der Waals surface area contributed by atoms with Crippen LogP contribution in [0.25, 0.3) is 0 Å². The molecule has 0 bridgehead atoms. The van der Waals surface area contributed by atoms with Crippen LogP contribution in [-0.4, -0.2) is 66.3 Å². The van der Waals surface area contributed by atoms with E-state index >= 15 is 0 Å². The third kappa shape index (κ3) is 6.62. The number of anilines is 1. The predicted molar refractivity (Wildman–Crippen MR) is 122 cm³/mol. The highest BCUT2D eigenvalue weighted by molar-refractivity contribution is 6.43. The molecule has 0 atom stereocenters. The lowest BCUT2D eigenvalue weighted by Gasteiger charge is -2.40. The second-order valence-corrected chi connectivity index (χ2v) is 9.42. The Labute approximate surface area is 192 Å². The van der Waals surface area contributed by atoms with Gasteiger partial charge >= 0.3 is 6.03 Å². The van der Waals surface area contributed by atoms with E-state index in [-0.39, 0.29) is 11.9 Å². The number of hydrogen-bond acceptors (Lipinski definition) is 5. The molecule has 6 N–H and O–H groups in total. The second kappa shape index (κ2) is 10.3. The van der Waals surface area contributed by atoms with Gasteiger partial charge in [0.15, 0.2) is 0 Å². The maximum Gasteiger partial charge on any atom is 0.309 e. The Morgan fingerprint density at radius 2 is 1.74 bits per heavy atom. The zero-order valence-electron chi connectivity index (χ0n) is 17.5. The molecule has 1 aromatic carbocycles. The number of aliphatic hydroxyl groups is 1. The Kier molecular flexibility index (Phi) is 7.91. The number of carbonyl (C=O) groups is 2. The monoisotopic (exact) mass is 471 g/mol. The minimum Gasteiger partial charge on any atom is -0.380 e. The van der Waals surface area contributed by atoms with Crippen molar-refractivity contribution in [2.24, 2.45) is 17.4 Å². The first-order valence-electron chi connectivity index (χ1n) is 10.7. The fraction of sp³-hybridized carbons (Fsp3) is 0.619. The number of primary amides is 2. The van der Waals surface area contributed by atoms with E-state index in [9.17, 15) is 9.90 Å². The van der Waals surface area contributed by atoms with Crippen molar-refractivity contribution in [1.82, 2.24) is 10.2 Å². The molecule has 0 radical (unpaired) electrons. The quantitative estimate of drug-likeness (QED) is 0.504. The molecule has 0 aromatic heterocycles. The molecule has 3 fully saturated rings. The highest BCUT2D eigenvalue weighted by atomic mass is 35.5. The molecule has 172 valence electrons. The van der Waals surface area contributed by atoms with Crippen LogP contribution >= 0.6 is 23.2 Å². The first-order valence-corrected chi connectivity index (χ1v) is 11.4. The summed E-state index contributed by atoms with van der Waals surface area (Å²) in [5.41, 5.74) is 8.48. The minimum atomic E-state index is -1.05.